The first-order chi connectivity index (χ1) is 13.5. The van der Waals surface area contributed by atoms with Gasteiger partial charge in [-0.05, 0) is 40.0 Å². The lowest BCUT2D eigenvalue weighted by Gasteiger charge is -2.24. The normalized spacial score (nSPS) is 12.9. The van der Waals surface area contributed by atoms with Crippen LogP contribution in [0, 0.1) is 0 Å². The zero-order chi connectivity index (χ0) is 21.8. The molecular weight excluding hydrogens is 387 g/mol. The number of hydrogen-bond donors (Lipinski definition) is 2. The van der Waals surface area contributed by atoms with E-state index in [9.17, 15) is 22.8 Å². The second-order valence-corrected chi connectivity index (χ2v) is 6.93. The minimum atomic E-state index is -4.58. The molecule has 1 unspecified atom stereocenters. The zero-order valence-corrected chi connectivity index (χ0v) is 16.6. The monoisotopic (exact) mass is 411 g/mol. The average molecular weight is 411 g/mol. The third-order valence-corrected chi connectivity index (χ3v) is 4.35. The molecule has 0 aliphatic carbocycles. The molecule has 0 bridgehead atoms. The van der Waals surface area contributed by atoms with Crippen molar-refractivity contribution in [2.75, 3.05) is 24.2 Å². The highest BCUT2D eigenvalue weighted by Crippen LogP contribution is 2.34. The number of hydrogen-bond acceptors (Lipinski definition) is 4. The van der Waals surface area contributed by atoms with Crippen molar-refractivity contribution in [1.82, 2.24) is 14.7 Å². The number of amides is 2. The number of benzene rings is 1. The SMILES string of the molecule is CC(C(=O)Nc1ccnn1C(C)C)N(C)CC(=O)Nc1ccccc1C(F)(F)F. The molecule has 0 saturated heterocycles. The van der Waals surface area contributed by atoms with Gasteiger partial charge in [-0.1, -0.05) is 12.1 Å². The number of anilines is 2. The van der Waals surface area contributed by atoms with Crippen LogP contribution in [0.15, 0.2) is 36.5 Å². The van der Waals surface area contributed by atoms with Gasteiger partial charge >= 0.3 is 6.18 Å². The Morgan fingerprint density at radius 1 is 1.14 bits per heavy atom. The largest absolute Gasteiger partial charge is 0.418 e. The highest BCUT2D eigenvalue weighted by Gasteiger charge is 2.33. The van der Waals surface area contributed by atoms with Gasteiger partial charge in [-0.25, -0.2) is 4.68 Å². The molecule has 1 aromatic carbocycles. The van der Waals surface area contributed by atoms with Gasteiger partial charge in [0.25, 0.3) is 0 Å². The molecule has 0 fully saturated rings. The van der Waals surface area contributed by atoms with Gasteiger partial charge in [0.1, 0.15) is 5.82 Å². The fourth-order valence-electron chi connectivity index (χ4n) is 2.65. The maximum atomic E-state index is 13.0. The van der Waals surface area contributed by atoms with E-state index in [1.807, 2.05) is 13.8 Å². The second-order valence-electron chi connectivity index (χ2n) is 6.93. The van der Waals surface area contributed by atoms with Crippen molar-refractivity contribution in [1.29, 1.82) is 0 Å². The summed E-state index contributed by atoms with van der Waals surface area (Å²) in [6, 6.07) is 5.74. The molecule has 2 aromatic rings. The fourth-order valence-corrected chi connectivity index (χ4v) is 2.65. The molecule has 1 atom stereocenters. The van der Waals surface area contributed by atoms with E-state index in [1.54, 1.807) is 30.9 Å². The third-order valence-electron chi connectivity index (χ3n) is 4.35. The lowest BCUT2D eigenvalue weighted by atomic mass is 10.1. The van der Waals surface area contributed by atoms with Crippen molar-refractivity contribution in [2.24, 2.45) is 0 Å². The topological polar surface area (TPSA) is 79.3 Å². The van der Waals surface area contributed by atoms with Crippen molar-refractivity contribution in [3.63, 3.8) is 0 Å². The number of alkyl halides is 3. The Morgan fingerprint density at radius 2 is 1.79 bits per heavy atom. The highest BCUT2D eigenvalue weighted by molar-refractivity contribution is 5.96. The maximum absolute atomic E-state index is 13.0. The van der Waals surface area contributed by atoms with E-state index in [4.69, 9.17) is 0 Å². The van der Waals surface area contributed by atoms with Crippen molar-refractivity contribution in [2.45, 2.75) is 39.0 Å². The Bertz CT molecular complexity index is 864. The van der Waals surface area contributed by atoms with Gasteiger partial charge in [-0.15, -0.1) is 0 Å². The number of likely N-dealkylation sites (N-methyl/N-ethyl adjacent to an activating group) is 1. The molecule has 2 rings (SSSR count). The van der Waals surface area contributed by atoms with Crippen molar-refractivity contribution >= 4 is 23.3 Å². The standard InChI is InChI=1S/C19H24F3N5O2/c1-12(2)27-16(9-10-23-27)25-18(29)13(3)26(4)11-17(28)24-15-8-6-5-7-14(15)19(20,21)22/h5-10,12-13H,11H2,1-4H3,(H,24,28)(H,25,29). The molecule has 0 aliphatic heterocycles. The van der Waals surface area contributed by atoms with E-state index in [1.165, 1.54) is 23.1 Å². The van der Waals surface area contributed by atoms with E-state index in [2.05, 4.69) is 15.7 Å². The summed E-state index contributed by atoms with van der Waals surface area (Å²) in [4.78, 5) is 26.1. The molecule has 0 aliphatic rings. The fraction of sp³-hybridized carbons (Fsp3) is 0.421. The van der Waals surface area contributed by atoms with Crippen LogP contribution in [0.25, 0.3) is 0 Å². The summed E-state index contributed by atoms with van der Waals surface area (Å²) < 4.78 is 40.8. The predicted octanol–water partition coefficient (Wildman–Crippen LogP) is 3.38. The van der Waals surface area contributed by atoms with E-state index in [-0.39, 0.29) is 24.2 Å². The molecule has 2 N–H and O–H groups in total. The smallest absolute Gasteiger partial charge is 0.324 e. The minimum absolute atomic E-state index is 0.0489. The summed E-state index contributed by atoms with van der Waals surface area (Å²) >= 11 is 0. The number of aromatic nitrogens is 2. The number of para-hydroxylation sites is 1. The number of carbonyl (C=O) groups excluding carboxylic acids is 2. The first-order valence-corrected chi connectivity index (χ1v) is 9.01. The van der Waals surface area contributed by atoms with Crippen LogP contribution in [-0.2, 0) is 15.8 Å². The Balaban J connectivity index is 1.99. The molecule has 10 heteroatoms. The molecule has 1 heterocycles. The number of nitrogens with zero attached hydrogens (tertiary/aromatic N) is 3. The lowest BCUT2D eigenvalue weighted by Crippen LogP contribution is -2.43. The van der Waals surface area contributed by atoms with Crippen LogP contribution < -0.4 is 10.6 Å². The number of halogens is 3. The molecule has 2 amide bonds. The van der Waals surface area contributed by atoms with Crippen LogP contribution in [0.4, 0.5) is 24.7 Å². The lowest BCUT2D eigenvalue weighted by molar-refractivity contribution is -0.137. The van der Waals surface area contributed by atoms with Gasteiger partial charge < -0.3 is 10.6 Å². The van der Waals surface area contributed by atoms with Gasteiger partial charge in [0.2, 0.25) is 11.8 Å². The van der Waals surface area contributed by atoms with E-state index < -0.39 is 23.7 Å². The van der Waals surface area contributed by atoms with Gasteiger partial charge in [0.15, 0.2) is 0 Å². The molecule has 7 nitrogen and oxygen atoms in total. The van der Waals surface area contributed by atoms with E-state index in [0.29, 0.717) is 5.82 Å². The molecule has 0 saturated carbocycles. The first kappa shape index (κ1) is 22.4. The van der Waals surface area contributed by atoms with Crippen LogP contribution in [-0.4, -0.2) is 46.1 Å². The first-order valence-electron chi connectivity index (χ1n) is 9.01. The quantitative estimate of drug-likeness (QED) is 0.732. The van der Waals surface area contributed by atoms with Gasteiger partial charge in [-0.3, -0.25) is 14.5 Å². The predicted molar refractivity (Wildman–Crippen MR) is 103 cm³/mol. The summed E-state index contributed by atoms with van der Waals surface area (Å²) in [5.74, 6) is -0.497. The molecule has 0 radical (unpaired) electrons. The summed E-state index contributed by atoms with van der Waals surface area (Å²) in [7, 11) is 1.54. The molecule has 0 spiro atoms. The van der Waals surface area contributed by atoms with Crippen molar-refractivity contribution < 1.29 is 22.8 Å². The zero-order valence-electron chi connectivity index (χ0n) is 16.6. The molecule has 158 valence electrons. The summed E-state index contributed by atoms with van der Waals surface area (Å²) in [5, 5.41) is 9.14. The minimum Gasteiger partial charge on any atom is -0.324 e. The Morgan fingerprint density at radius 3 is 2.41 bits per heavy atom. The second kappa shape index (κ2) is 9.08. The molecular formula is C19H24F3N5O2. The maximum Gasteiger partial charge on any atom is 0.418 e. The average Bonchev–Trinajstić information content (AvgIpc) is 3.08. The van der Waals surface area contributed by atoms with Crippen LogP contribution >= 0.6 is 0 Å². The third kappa shape index (κ3) is 5.80. The molecule has 29 heavy (non-hydrogen) atoms. The van der Waals surface area contributed by atoms with E-state index >= 15 is 0 Å². The van der Waals surface area contributed by atoms with Crippen LogP contribution in [0.3, 0.4) is 0 Å². The van der Waals surface area contributed by atoms with E-state index in [0.717, 1.165) is 6.07 Å². The number of nitrogens with one attached hydrogen (secondary N) is 2. The van der Waals surface area contributed by atoms with Gasteiger partial charge in [-0.2, -0.15) is 18.3 Å². The van der Waals surface area contributed by atoms with Crippen LogP contribution in [0.1, 0.15) is 32.4 Å². The Kier molecular flexibility index (Phi) is 7.02. The van der Waals surface area contributed by atoms with Crippen molar-refractivity contribution in [3.05, 3.63) is 42.1 Å². The summed E-state index contributed by atoms with van der Waals surface area (Å²) in [5.41, 5.74) is -1.25. The van der Waals surface area contributed by atoms with Gasteiger partial charge in [0.05, 0.1) is 30.0 Å². The number of carbonyl (C=O) groups is 2. The van der Waals surface area contributed by atoms with Crippen LogP contribution in [0.5, 0.6) is 0 Å². The summed E-state index contributed by atoms with van der Waals surface area (Å²) in [6.45, 7) is 5.18. The Labute approximate surface area is 166 Å². The van der Waals surface area contributed by atoms with Gasteiger partial charge in [0, 0.05) is 12.1 Å². The molecule has 1 aromatic heterocycles. The Hall–Kier alpha value is -2.88. The summed E-state index contributed by atoms with van der Waals surface area (Å²) in [6.07, 6.45) is -3.02. The number of rotatable bonds is 7. The highest BCUT2D eigenvalue weighted by atomic mass is 19.4. The van der Waals surface area contributed by atoms with Crippen LogP contribution in [0.2, 0.25) is 0 Å². The van der Waals surface area contributed by atoms with Crippen molar-refractivity contribution in [3.8, 4) is 0 Å².